The van der Waals surface area contributed by atoms with E-state index in [0.29, 0.717) is 5.75 Å². The number of carboxylic acids is 1. The van der Waals surface area contributed by atoms with Crippen LogP contribution in [0.15, 0.2) is 31.0 Å². The molecule has 0 aliphatic rings. The Balaban J connectivity index is 2.98. The average Bonchev–Trinajstić information content (AvgIpc) is 2.42. The number of aromatic nitrogens is 1. The van der Waals surface area contributed by atoms with Gasteiger partial charge in [-0.15, -0.1) is 0 Å². The second-order valence-electron chi connectivity index (χ2n) is 3.88. The van der Waals surface area contributed by atoms with Crippen molar-refractivity contribution in [1.29, 1.82) is 0 Å². The maximum Gasteiger partial charge on any atom is 0.326 e. The number of pyridine rings is 1. The molecule has 0 saturated carbocycles. The number of aliphatic carboxylic acids is 1. The molecule has 6 nitrogen and oxygen atoms in total. The van der Waals surface area contributed by atoms with Crippen LogP contribution in [0, 0.1) is 0 Å². The topological polar surface area (TPSA) is 79.7 Å². The standard InChI is InChI=1S/C13H16N2O4/c1-4-8-19-10-6-5-7-14-11(10)12(16)15(3)9(2)13(17)18/h4-7,9H,1,8H2,2-3H3,(H,17,18). The minimum Gasteiger partial charge on any atom is -0.487 e. The van der Waals surface area contributed by atoms with Gasteiger partial charge in [-0.3, -0.25) is 4.79 Å². The Kier molecular flexibility index (Phi) is 5.05. The molecule has 1 aromatic heterocycles. The van der Waals surface area contributed by atoms with E-state index in [-0.39, 0.29) is 12.3 Å². The summed E-state index contributed by atoms with van der Waals surface area (Å²) in [7, 11) is 1.41. The molecule has 1 heterocycles. The quantitative estimate of drug-likeness (QED) is 0.781. The highest BCUT2D eigenvalue weighted by molar-refractivity contribution is 5.96. The summed E-state index contributed by atoms with van der Waals surface area (Å²) >= 11 is 0. The highest BCUT2D eigenvalue weighted by Crippen LogP contribution is 2.17. The van der Waals surface area contributed by atoms with Crippen molar-refractivity contribution in [3.05, 3.63) is 36.7 Å². The van der Waals surface area contributed by atoms with E-state index in [1.54, 1.807) is 18.2 Å². The number of ether oxygens (including phenoxy) is 1. The molecule has 0 aliphatic carbocycles. The van der Waals surface area contributed by atoms with Crippen LogP contribution in [0.5, 0.6) is 5.75 Å². The number of carbonyl (C=O) groups excluding carboxylic acids is 1. The Morgan fingerprint density at radius 2 is 2.32 bits per heavy atom. The lowest BCUT2D eigenvalue weighted by atomic mass is 10.2. The molecule has 1 amide bonds. The van der Waals surface area contributed by atoms with Crippen LogP contribution in [0.25, 0.3) is 0 Å². The van der Waals surface area contributed by atoms with Crippen LogP contribution in [0.2, 0.25) is 0 Å². The van der Waals surface area contributed by atoms with Crippen LogP contribution in [-0.4, -0.2) is 46.6 Å². The number of hydrogen-bond donors (Lipinski definition) is 1. The molecule has 0 radical (unpaired) electrons. The summed E-state index contributed by atoms with van der Waals surface area (Å²) < 4.78 is 5.32. The molecule has 0 aliphatic heterocycles. The largest absolute Gasteiger partial charge is 0.487 e. The summed E-state index contributed by atoms with van der Waals surface area (Å²) in [5, 5.41) is 8.90. The first kappa shape index (κ1) is 14.7. The molecule has 0 saturated heterocycles. The molecule has 1 atom stereocenters. The van der Waals surface area contributed by atoms with Crippen molar-refractivity contribution in [1.82, 2.24) is 9.88 Å². The number of hydrogen-bond acceptors (Lipinski definition) is 4. The fourth-order valence-corrected chi connectivity index (χ4v) is 1.32. The van der Waals surface area contributed by atoms with Crippen molar-refractivity contribution in [2.75, 3.05) is 13.7 Å². The molecule has 1 rings (SSSR count). The van der Waals surface area contributed by atoms with Crippen LogP contribution in [-0.2, 0) is 4.79 Å². The molecular weight excluding hydrogens is 248 g/mol. The summed E-state index contributed by atoms with van der Waals surface area (Å²) in [5.41, 5.74) is 0.0833. The second kappa shape index (κ2) is 6.53. The minimum atomic E-state index is -1.08. The third kappa shape index (κ3) is 3.54. The number of carbonyl (C=O) groups is 2. The summed E-state index contributed by atoms with van der Waals surface area (Å²) in [5.74, 6) is -1.29. The van der Waals surface area contributed by atoms with E-state index in [1.807, 2.05) is 0 Å². The Hall–Kier alpha value is -2.37. The lowest BCUT2D eigenvalue weighted by Crippen LogP contribution is -2.40. The third-order valence-corrected chi connectivity index (χ3v) is 2.59. The van der Waals surface area contributed by atoms with E-state index in [4.69, 9.17) is 9.84 Å². The summed E-state index contributed by atoms with van der Waals surface area (Å²) in [6, 6.07) is 2.29. The van der Waals surface area contributed by atoms with Gasteiger partial charge in [-0.05, 0) is 19.1 Å². The van der Waals surface area contributed by atoms with Gasteiger partial charge in [-0.1, -0.05) is 12.7 Å². The molecule has 19 heavy (non-hydrogen) atoms. The molecule has 0 bridgehead atoms. The normalized spacial score (nSPS) is 11.5. The fraction of sp³-hybridized carbons (Fsp3) is 0.308. The van der Waals surface area contributed by atoms with Crippen molar-refractivity contribution in [2.24, 2.45) is 0 Å². The van der Waals surface area contributed by atoms with Gasteiger partial charge in [0.15, 0.2) is 11.4 Å². The van der Waals surface area contributed by atoms with Crippen molar-refractivity contribution >= 4 is 11.9 Å². The molecule has 0 spiro atoms. The smallest absolute Gasteiger partial charge is 0.326 e. The summed E-state index contributed by atoms with van der Waals surface area (Å²) in [6.45, 7) is 5.18. The SMILES string of the molecule is C=CCOc1cccnc1C(=O)N(C)C(C)C(=O)O. The van der Waals surface area contributed by atoms with E-state index in [9.17, 15) is 9.59 Å². The molecule has 0 fully saturated rings. The fourth-order valence-electron chi connectivity index (χ4n) is 1.32. The molecule has 1 aromatic rings. The predicted octanol–water partition coefficient (Wildman–Crippen LogP) is 1.19. The van der Waals surface area contributed by atoms with Gasteiger partial charge < -0.3 is 14.7 Å². The van der Waals surface area contributed by atoms with Gasteiger partial charge in [0, 0.05) is 13.2 Å². The van der Waals surface area contributed by atoms with Gasteiger partial charge in [0.05, 0.1) is 0 Å². The molecule has 102 valence electrons. The van der Waals surface area contributed by atoms with E-state index in [1.165, 1.54) is 20.2 Å². The first-order chi connectivity index (χ1) is 8.99. The van der Waals surface area contributed by atoms with E-state index in [0.717, 1.165) is 4.90 Å². The van der Waals surface area contributed by atoms with Gasteiger partial charge in [0.2, 0.25) is 0 Å². The summed E-state index contributed by atoms with van der Waals surface area (Å²) in [4.78, 5) is 28.1. The van der Waals surface area contributed by atoms with E-state index in [2.05, 4.69) is 11.6 Å². The lowest BCUT2D eigenvalue weighted by molar-refractivity contribution is -0.141. The zero-order valence-corrected chi connectivity index (χ0v) is 10.9. The minimum absolute atomic E-state index is 0.0833. The van der Waals surface area contributed by atoms with Crippen LogP contribution in [0.1, 0.15) is 17.4 Å². The van der Waals surface area contributed by atoms with Gasteiger partial charge >= 0.3 is 5.97 Å². The predicted molar refractivity (Wildman–Crippen MR) is 69.1 cm³/mol. The number of likely N-dealkylation sites (N-methyl/N-ethyl adjacent to an activating group) is 1. The zero-order chi connectivity index (χ0) is 14.4. The lowest BCUT2D eigenvalue weighted by Gasteiger charge is -2.21. The van der Waals surface area contributed by atoms with Crippen LogP contribution >= 0.6 is 0 Å². The van der Waals surface area contributed by atoms with Crippen LogP contribution < -0.4 is 4.74 Å². The average molecular weight is 264 g/mol. The van der Waals surface area contributed by atoms with E-state index >= 15 is 0 Å². The summed E-state index contributed by atoms with van der Waals surface area (Å²) in [6.07, 6.45) is 3.00. The zero-order valence-electron chi connectivity index (χ0n) is 10.9. The van der Waals surface area contributed by atoms with Crippen molar-refractivity contribution in [3.8, 4) is 5.75 Å². The number of amides is 1. The monoisotopic (exact) mass is 264 g/mol. The Bertz CT molecular complexity index is 487. The van der Waals surface area contributed by atoms with Crippen molar-refractivity contribution in [3.63, 3.8) is 0 Å². The Morgan fingerprint density at radius 1 is 1.63 bits per heavy atom. The van der Waals surface area contributed by atoms with Gasteiger partial charge in [-0.2, -0.15) is 0 Å². The first-order valence-electron chi connectivity index (χ1n) is 5.67. The van der Waals surface area contributed by atoms with Gasteiger partial charge in [-0.25, -0.2) is 9.78 Å². The van der Waals surface area contributed by atoms with E-state index < -0.39 is 17.9 Å². The maximum atomic E-state index is 12.2. The molecule has 6 heteroatoms. The Morgan fingerprint density at radius 3 is 2.89 bits per heavy atom. The molecule has 1 unspecified atom stereocenters. The highest BCUT2D eigenvalue weighted by Gasteiger charge is 2.25. The number of carboxylic acid groups (broad SMARTS) is 1. The van der Waals surface area contributed by atoms with Crippen molar-refractivity contribution < 1.29 is 19.4 Å². The molecule has 0 aromatic carbocycles. The maximum absolute atomic E-state index is 12.2. The van der Waals surface area contributed by atoms with Crippen molar-refractivity contribution in [2.45, 2.75) is 13.0 Å². The third-order valence-electron chi connectivity index (χ3n) is 2.59. The second-order valence-corrected chi connectivity index (χ2v) is 3.88. The highest BCUT2D eigenvalue weighted by atomic mass is 16.5. The van der Waals surface area contributed by atoms with Crippen LogP contribution in [0.4, 0.5) is 0 Å². The van der Waals surface area contributed by atoms with Gasteiger partial charge in [0.1, 0.15) is 12.6 Å². The first-order valence-corrected chi connectivity index (χ1v) is 5.67. The Labute approximate surface area is 111 Å². The van der Waals surface area contributed by atoms with Gasteiger partial charge in [0.25, 0.3) is 5.91 Å². The molecule has 1 N–H and O–H groups in total. The molecular formula is C13H16N2O4. The number of nitrogens with zero attached hydrogens (tertiary/aromatic N) is 2. The van der Waals surface area contributed by atoms with Crippen LogP contribution in [0.3, 0.4) is 0 Å². The number of rotatable bonds is 6.